The molecule has 20 heavy (non-hydrogen) atoms. The zero-order valence-corrected chi connectivity index (χ0v) is 11.5. The molecule has 104 valence electrons. The molecule has 0 saturated carbocycles. The SMILES string of the molecule is OC1(c2cnc3ccccc3c2)CC2CCCC(C1)N2. The zero-order chi connectivity index (χ0) is 13.6. The number of nitrogens with zero attached hydrogens (tertiary/aromatic N) is 1. The number of pyridine rings is 1. The molecule has 3 nitrogen and oxygen atoms in total. The fraction of sp³-hybridized carbons (Fsp3) is 0.471. The molecule has 3 heteroatoms. The van der Waals surface area contributed by atoms with Crippen molar-refractivity contribution < 1.29 is 5.11 Å². The Hall–Kier alpha value is -1.45. The van der Waals surface area contributed by atoms with Gasteiger partial charge in [0.15, 0.2) is 0 Å². The lowest BCUT2D eigenvalue weighted by molar-refractivity contribution is -0.0360. The van der Waals surface area contributed by atoms with Crippen molar-refractivity contribution in [2.24, 2.45) is 0 Å². The minimum absolute atomic E-state index is 0.457. The highest BCUT2D eigenvalue weighted by molar-refractivity contribution is 5.78. The fourth-order valence-corrected chi connectivity index (χ4v) is 3.89. The normalized spacial score (nSPS) is 33.2. The maximum atomic E-state index is 11.1. The largest absolute Gasteiger partial charge is 0.385 e. The molecule has 0 radical (unpaired) electrons. The molecule has 2 unspecified atom stereocenters. The molecule has 2 saturated heterocycles. The van der Waals surface area contributed by atoms with Crippen LogP contribution in [0.2, 0.25) is 0 Å². The van der Waals surface area contributed by atoms with Crippen molar-refractivity contribution in [2.75, 3.05) is 0 Å². The summed E-state index contributed by atoms with van der Waals surface area (Å²) in [5, 5.41) is 15.9. The average molecular weight is 268 g/mol. The molecule has 0 aliphatic carbocycles. The van der Waals surface area contributed by atoms with Gasteiger partial charge in [0.2, 0.25) is 0 Å². The smallest absolute Gasteiger partial charge is 0.0941 e. The third-order valence-corrected chi connectivity index (χ3v) is 4.87. The van der Waals surface area contributed by atoms with Crippen molar-refractivity contribution in [3.8, 4) is 0 Å². The van der Waals surface area contributed by atoms with E-state index < -0.39 is 5.60 Å². The van der Waals surface area contributed by atoms with E-state index in [1.165, 1.54) is 19.3 Å². The molecule has 2 bridgehead atoms. The van der Waals surface area contributed by atoms with Crippen LogP contribution >= 0.6 is 0 Å². The van der Waals surface area contributed by atoms with E-state index in [-0.39, 0.29) is 0 Å². The monoisotopic (exact) mass is 268 g/mol. The quantitative estimate of drug-likeness (QED) is 0.836. The van der Waals surface area contributed by atoms with Gasteiger partial charge in [-0.3, -0.25) is 4.98 Å². The van der Waals surface area contributed by atoms with E-state index in [1.54, 1.807) is 0 Å². The van der Waals surface area contributed by atoms with Crippen LogP contribution in [0.3, 0.4) is 0 Å². The fourth-order valence-electron chi connectivity index (χ4n) is 3.89. The summed E-state index contributed by atoms with van der Waals surface area (Å²) < 4.78 is 0. The number of aromatic nitrogens is 1. The Morgan fingerprint density at radius 3 is 2.70 bits per heavy atom. The lowest BCUT2D eigenvalue weighted by Gasteiger charge is -2.45. The van der Waals surface area contributed by atoms with Gasteiger partial charge in [0, 0.05) is 29.2 Å². The molecule has 2 N–H and O–H groups in total. The number of nitrogens with one attached hydrogen (secondary N) is 1. The molecule has 4 rings (SSSR count). The molecular weight excluding hydrogens is 248 g/mol. The van der Waals surface area contributed by atoms with E-state index >= 15 is 0 Å². The molecule has 2 aliphatic rings. The number of hydrogen-bond donors (Lipinski definition) is 2. The Morgan fingerprint density at radius 1 is 1.15 bits per heavy atom. The van der Waals surface area contributed by atoms with E-state index in [0.29, 0.717) is 12.1 Å². The van der Waals surface area contributed by atoms with Crippen molar-refractivity contribution >= 4 is 10.9 Å². The summed E-state index contributed by atoms with van der Waals surface area (Å²) in [4.78, 5) is 4.52. The number of hydrogen-bond acceptors (Lipinski definition) is 3. The minimum Gasteiger partial charge on any atom is -0.385 e. The van der Waals surface area contributed by atoms with Crippen molar-refractivity contribution in [1.82, 2.24) is 10.3 Å². The summed E-state index contributed by atoms with van der Waals surface area (Å²) in [6, 6.07) is 11.1. The lowest BCUT2D eigenvalue weighted by atomic mass is 9.74. The van der Waals surface area contributed by atoms with E-state index in [1.807, 2.05) is 24.4 Å². The Kier molecular flexibility index (Phi) is 2.79. The van der Waals surface area contributed by atoms with E-state index in [4.69, 9.17) is 0 Å². The van der Waals surface area contributed by atoms with Crippen LogP contribution in [0.15, 0.2) is 36.5 Å². The number of fused-ring (bicyclic) bond motifs is 3. The van der Waals surface area contributed by atoms with Gasteiger partial charge >= 0.3 is 0 Å². The Bertz CT molecular complexity index is 628. The van der Waals surface area contributed by atoms with Crippen molar-refractivity contribution in [3.63, 3.8) is 0 Å². The first-order chi connectivity index (χ1) is 9.73. The van der Waals surface area contributed by atoms with Crippen LogP contribution in [-0.2, 0) is 5.60 Å². The number of aliphatic hydroxyl groups is 1. The Balaban J connectivity index is 1.73. The summed E-state index contributed by atoms with van der Waals surface area (Å²) in [5.74, 6) is 0. The van der Waals surface area contributed by atoms with Crippen LogP contribution in [0, 0.1) is 0 Å². The van der Waals surface area contributed by atoms with Gasteiger partial charge in [-0.25, -0.2) is 0 Å². The van der Waals surface area contributed by atoms with Gasteiger partial charge < -0.3 is 10.4 Å². The predicted molar refractivity (Wildman–Crippen MR) is 79.4 cm³/mol. The predicted octanol–water partition coefficient (Wildman–Crippen LogP) is 2.73. The summed E-state index contributed by atoms with van der Waals surface area (Å²) in [6.07, 6.45) is 7.13. The summed E-state index contributed by atoms with van der Waals surface area (Å²) >= 11 is 0. The van der Waals surface area contributed by atoms with E-state index in [0.717, 1.165) is 29.3 Å². The molecule has 0 spiro atoms. The molecule has 3 heterocycles. The summed E-state index contributed by atoms with van der Waals surface area (Å²) in [5.41, 5.74) is 1.27. The van der Waals surface area contributed by atoms with Gasteiger partial charge in [-0.05, 0) is 37.8 Å². The molecule has 2 atom stereocenters. The Morgan fingerprint density at radius 2 is 1.90 bits per heavy atom. The van der Waals surface area contributed by atoms with Crippen LogP contribution in [0.4, 0.5) is 0 Å². The van der Waals surface area contributed by atoms with Crippen LogP contribution in [-0.4, -0.2) is 22.2 Å². The molecule has 1 aromatic heterocycles. The van der Waals surface area contributed by atoms with Gasteiger partial charge in [0.05, 0.1) is 11.1 Å². The topological polar surface area (TPSA) is 45.2 Å². The van der Waals surface area contributed by atoms with Gasteiger partial charge in [0.1, 0.15) is 0 Å². The average Bonchev–Trinajstić information content (AvgIpc) is 2.46. The van der Waals surface area contributed by atoms with E-state index in [9.17, 15) is 5.11 Å². The highest BCUT2D eigenvalue weighted by Crippen LogP contribution is 2.39. The van der Waals surface area contributed by atoms with Crippen LogP contribution < -0.4 is 5.32 Å². The molecule has 2 fully saturated rings. The standard InChI is InChI=1S/C17H20N2O/c20-17(9-14-5-3-6-15(10-17)19-14)13-8-12-4-1-2-7-16(12)18-11-13/h1-2,4,7-8,11,14-15,19-20H,3,5-6,9-10H2. The van der Waals surface area contributed by atoms with Gasteiger partial charge in [-0.15, -0.1) is 0 Å². The molecule has 0 amide bonds. The van der Waals surface area contributed by atoms with Crippen molar-refractivity contribution in [1.29, 1.82) is 0 Å². The van der Waals surface area contributed by atoms with Crippen LogP contribution in [0.5, 0.6) is 0 Å². The van der Waals surface area contributed by atoms with Crippen molar-refractivity contribution in [3.05, 3.63) is 42.1 Å². The van der Waals surface area contributed by atoms with Gasteiger partial charge in [-0.2, -0.15) is 0 Å². The molecule has 1 aromatic carbocycles. The number of benzene rings is 1. The minimum atomic E-state index is -0.710. The lowest BCUT2D eigenvalue weighted by Crippen LogP contribution is -2.54. The second-order valence-electron chi connectivity index (χ2n) is 6.35. The van der Waals surface area contributed by atoms with Crippen LogP contribution in [0.1, 0.15) is 37.7 Å². The third-order valence-electron chi connectivity index (χ3n) is 4.87. The number of para-hydroxylation sites is 1. The van der Waals surface area contributed by atoms with Crippen LogP contribution in [0.25, 0.3) is 10.9 Å². The summed E-state index contributed by atoms with van der Waals surface area (Å²) in [7, 11) is 0. The maximum absolute atomic E-state index is 11.1. The second-order valence-corrected chi connectivity index (χ2v) is 6.35. The number of rotatable bonds is 1. The first kappa shape index (κ1) is 12.3. The molecule has 2 aliphatic heterocycles. The first-order valence-corrected chi connectivity index (χ1v) is 7.57. The maximum Gasteiger partial charge on any atom is 0.0941 e. The highest BCUT2D eigenvalue weighted by Gasteiger charge is 2.41. The molecular formula is C17H20N2O. The summed E-state index contributed by atoms with van der Waals surface area (Å²) in [6.45, 7) is 0. The zero-order valence-electron chi connectivity index (χ0n) is 11.5. The Labute approximate surface area is 119 Å². The van der Waals surface area contributed by atoms with Crippen molar-refractivity contribution in [2.45, 2.75) is 49.8 Å². The second kappa shape index (κ2) is 4.54. The van der Waals surface area contributed by atoms with E-state index in [2.05, 4.69) is 22.4 Å². The van der Waals surface area contributed by atoms with Gasteiger partial charge in [0.25, 0.3) is 0 Å². The third kappa shape index (κ3) is 2.02. The van der Waals surface area contributed by atoms with Gasteiger partial charge in [-0.1, -0.05) is 24.6 Å². The number of piperidine rings is 2. The highest BCUT2D eigenvalue weighted by atomic mass is 16.3. The first-order valence-electron chi connectivity index (χ1n) is 7.57. The molecule has 2 aromatic rings.